The molecule has 1 heterocycles. The molecular weight excluding hydrogens is 757 g/mol. The Labute approximate surface area is 366 Å². The van der Waals surface area contributed by atoms with E-state index in [0.29, 0.717) is 13.0 Å². The van der Waals surface area contributed by atoms with E-state index < -0.39 is 43.4 Å². The summed E-state index contributed by atoms with van der Waals surface area (Å²) in [5.41, 5.74) is 0. The second kappa shape index (κ2) is 42.2. The molecule has 60 heavy (non-hydrogen) atoms. The summed E-state index contributed by atoms with van der Waals surface area (Å²) in [7, 11) is 0. The zero-order chi connectivity index (χ0) is 43.6. The van der Waals surface area contributed by atoms with Crippen LogP contribution in [0, 0.1) is 0 Å². The molecule has 0 spiro atoms. The molecule has 0 aromatic carbocycles. The van der Waals surface area contributed by atoms with Crippen molar-refractivity contribution in [3.63, 3.8) is 0 Å². The average molecular weight is 847 g/mol. The Morgan fingerprint density at radius 3 is 1.55 bits per heavy atom. The molecule has 0 aromatic heterocycles. The highest BCUT2D eigenvalue weighted by Crippen LogP contribution is 2.22. The van der Waals surface area contributed by atoms with E-state index in [-0.39, 0.29) is 19.2 Å². The Bertz CT molecular complexity index is 1100. The van der Waals surface area contributed by atoms with E-state index in [1.165, 1.54) is 103 Å². The molecule has 0 aromatic rings. The fourth-order valence-corrected chi connectivity index (χ4v) is 7.12. The molecule has 0 amide bonds. The fraction of sp³-hybridized carbons (Fsp3) is 0.784. The first kappa shape index (κ1) is 55.9. The molecule has 1 aliphatic heterocycles. The molecule has 0 saturated carbocycles. The van der Waals surface area contributed by atoms with Gasteiger partial charge in [-0.25, -0.2) is 0 Å². The quantitative estimate of drug-likeness (QED) is 0.0269. The fourth-order valence-electron chi connectivity index (χ4n) is 7.12. The third kappa shape index (κ3) is 32.6. The third-order valence-electron chi connectivity index (χ3n) is 10.9. The summed E-state index contributed by atoms with van der Waals surface area (Å²) in [5.74, 6) is -0.325. The van der Waals surface area contributed by atoms with Crippen molar-refractivity contribution in [2.45, 2.75) is 230 Å². The van der Waals surface area contributed by atoms with Crippen LogP contribution in [-0.4, -0.2) is 89.6 Å². The van der Waals surface area contributed by atoms with Crippen LogP contribution in [0.15, 0.2) is 60.8 Å². The van der Waals surface area contributed by atoms with Crippen molar-refractivity contribution in [1.82, 2.24) is 0 Å². The number of rotatable bonds is 41. The van der Waals surface area contributed by atoms with Crippen LogP contribution >= 0.6 is 0 Å². The van der Waals surface area contributed by atoms with Gasteiger partial charge in [-0.05, 0) is 77.0 Å². The van der Waals surface area contributed by atoms with Crippen LogP contribution in [0.5, 0.6) is 0 Å². The Kier molecular flexibility index (Phi) is 39.3. The maximum Gasteiger partial charge on any atom is 0.306 e. The summed E-state index contributed by atoms with van der Waals surface area (Å²) in [5, 5.41) is 40.2. The summed E-state index contributed by atoms with van der Waals surface area (Å²) in [6, 6.07) is 0. The predicted molar refractivity (Wildman–Crippen MR) is 247 cm³/mol. The van der Waals surface area contributed by atoms with Crippen molar-refractivity contribution in [2.75, 3.05) is 26.4 Å². The Morgan fingerprint density at radius 1 is 0.550 bits per heavy atom. The molecule has 0 radical (unpaired) electrons. The summed E-state index contributed by atoms with van der Waals surface area (Å²) in [6.07, 6.45) is 46.7. The molecule has 1 saturated heterocycles. The van der Waals surface area contributed by atoms with E-state index in [2.05, 4.69) is 74.6 Å². The molecule has 348 valence electrons. The Balaban J connectivity index is 2.24. The van der Waals surface area contributed by atoms with Crippen LogP contribution in [0.4, 0.5) is 0 Å². The minimum Gasteiger partial charge on any atom is -0.457 e. The van der Waals surface area contributed by atoms with Crippen molar-refractivity contribution < 1.29 is 44.2 Å². The third-order valence-corrected chi connectivity index (χ3v) is 10.9. The molecule has 1 aliphatic rings. The molecule has 9 nitrogen and oxygen atoms in total. The van der Waals surface area contributed by atoms with Gasteiger partial charge in [-0.2, -0.15) is 0 Å². The lowest BCUT2D eigenvalue weighted by Gasteiger charge is -2.39. The summed E-state index contributed by atoms with van der Waals surface area (Å²) in [4.78, 5) is 12.8. The summed E-state index contributed by atoms with van der Waals surface area (Å²) < 4.78 is 22.9. The van der Waals surface area contributed by atoms with E-state index in [4.69, 9.17) is 18.9 Å². The standard InChI is InChI=1S/C51H90O9/c1-3-5-7-9-11-13-15-17-19-21-22-23-24-25-26-28-30-32-34-36-38-40-47(53)59-45(44-58-51-50(56)49(55)48(54)46(42-52)60-51)43-57-41-39-37-35-33-31-29-27-20-18-16-14-12-10-8-6-4-2/h5,7,11,13,17-20,22-23,45-46,48-52,54-56H,3-4,6,8-10,12,14-16,21,24-44H2,1-2H3/b7-5-,13-11-,19-17-,20-18-,23-22-. The molecular formula is C51H90O9. The number of esters is 1. The SMILES string of the molecule is CC/C=C\C/C=C\C/C=C\C/C=C\CCCCCCCCCCC(=O)OC(COCCCCCCCC/C=C\CCCCCCCC)COC1OC(CO)C(O)C(O)C1O. The van der Waals surface area contributed by atoms with Gasteiger partial charge in [-0.3, -0.25) is 4.79 Å². The van der Waals surface area contributed by atoms with Gasteiger partial charge in [-0.1, -0.05) is 171 Å². The van der Waals surface area contributed by atoms with Gasteiger partial charge in [0.25, 0.3) is 0 Å². The highest BCUT2D eigenvalue weighted by atomic mass is 16.7. The zero-order valence-corrected chi connectivity index (χ0v) is 38.2. The largest absolute Gasteiger partial charge is 0.457 e. The smallest absolute Gasteiger partial charge is 0.306 e. The maximum atomic E-state index is 12.8. The lowest BCUT2D eigenvalue weighted by molar-refractivity contribution is -0.305. The van der Waals surface area contributed by atoms with Gasteiger partial charge in [0, 0.05) is 13.0 Å². The normalized spacial score (nSPS) is 20.5. The molecule has 0 aliphatic carbocycles. The number of carbonyl (C=O) groups excluding carboxylic acids is 1. The second-order valence-corrected chi connectivity index (χ2v) is 16.5. The minimum atomic E-state index is -1.54. The predicted octanol–water partition coefficient (Wildman–Crippen LogP) is 11.5. The number of hydrogen-bond donors (Lipinski definition) is 4. The van der Waals surface area contributed by atoms with Crippen molar-refractivity contribution in [3.05, 3.63) is 60.8 Å². The number of carbonyl (C=O) groups is 1. The van der Waals surface area contributed by atoms with Gasteiger partial charge >= 0.3 is 5.97 Å². The van der Waals surface area contributed by atoms with Crippen molar-refractivity contribution in [2.24, 2.45) is 0 Å². The first-order valence-corrected chi connectivity index (χ1v) is 24.4. The summed E-state index contributed by atoms with van der Waals surface area (Å²) >= 11 is 0. The van der Waals surface area contributed by atoms with Crippen molar-refractivity contribution in [1.29, 1.82) is 0 Å². The van der Waals surface area contributed by atoms with Crippen molar-refractivity contribution in [3.8, 4) is 0 Å². The number of ether oxygens (including phenoxy) is 4. The van der Waals surface area contributed by atoms with Gasteiger partial charge in [0.1, 0.15) is 30.5 Å². The maximum absolute atomic E-state index is 12.8. The van der Waals surface area contributed by atoms with Crippen LogP contribution in [0.25, 0.3) is 0 Å². The number of unbranched alkanes of at least 4 members (excludes halogenated alkanes) is 20. The molecule has 9 heteroatoms. The molecule has 4 N–H and O–H groups in total. The highest BCUT2D eigenvalue weighted by Gasteiger charge is 2.44. The van der Waals surface area contributed by atoms with Crippen LogP contribution in [0.1, 0.15) is 194 Å². The lowest BCUT2D eigenvalue weighted by atomic mass is 9.99. The molecule has 6 atom stereocenters. The highest BCUT2D eigenvalue weighted by molar-refractivity contribution is 5.69. The van der Waals surface area contributed by atoms with Crippen LogP contribution in [-0.2, 0) is 23.7 Å². The van der Waals surface area contributed by atoms with Gasteiger partial charge in [-0.15, -0.1) is 0 Å². The van der Waals surface area contributed by atoms with Crippen molar-refractivity contribution >= 4 is 5.97 Å². The molecule has 1 fully saturated rings. The molecule has 6 unspecified atom stereocenters. The van der Waals surface area contributed by atoms with E-state index in [9.17, 15) is 25.2 Å². The van der Waals surface area contributed by atoms with Crippen LogP contribution < -0.4 is 0 Å². The molecule has 0 bridgehead atoms. The topological polar surface area (TPSA) is 135 Å². The molecule has 1 rings (SSSR count). The van der Waals surface area contributed by atoms with E-state index in [0.717, 1.165) is 70.6 Å². The van der Waals surface area contributed by atoms with Crippen LogP contribution in [0.3, 0.4) is 0 Å². The number of hydrogen-bond acceptors (Lipinski definition) is 9. The average Bonchev–Trinajstić information content (AvgIpc) is 3.25. The van der Waals surface area contributed by atoms with Gasteiger partial charge in [0.2, 0.25) is 0 Å². The second-order valence-electron chi connectivity index (χ2n) is 16.5. The van der Waals surface area contributed by atoms with Gasteiger partial charge in [0.15, 0.2) is 6.29 Å². The van der Waals surface area contributed by atoms with E-state index in [1.54, 1.807) is 0 Å². The number of aliphatic hydroxyl groups excluding tert-OH is 4. The Morgan fingerprint density at radius 2 is 1.02 bits per heavy atom. The first-order valence-electron chi connectivity index (χ1n) is 24.4. The zero-order valence-electron chi connectivity index (χ0n) is 38.2. The Hall–Kier alpha value is -2.11. The lowest BCUT2D eigenvalue weighted by Crippen LogP contribution is -2.59. The first-order chi connectivity index (χ1) is 29.4. The summed E-state index contributed by atoms with van der Waals surface area (Å²) in [6.45, 7) is 4.42. The minimum absolute atomic E-state index is 0.121. The van der Waals surface area contributed by atoms with Gasteiger partial charge in [0.05, 0.1) is 19.8 Å². The monoisotopic (exact) mass is 847 g/mol. The van der Waals surface area contributed by atoms with Crippen LogP contribution in [0.2, 0.25) is 0 Å². The number of allylic oxidation sites excluding steroid dienone is 10. The number of aliphatic hydroxyl groups is 4. The van der Waals surface area contributed by atoms with Gasteiger partial charge < -0.3 is 39.4 Å². The van der Waals surface area contributed by atoms with E-state index >= 15 is 0 Å². The van der Waals surface area contributed by atoms with E-state index in [1.807, 2.05) is 0 Å².